The third kappa shape index (κ3) is 5.62. The van der Waals surface area contributed by atoms with E-state index in [-0.39, 0.29) is 16.9 Å². The van der Waals surface area contributed by atoms with Crippen LogP contribution in [-0.2, 0) is 0 Å². The molecule has 4 aromatic rings. The van der Waals surface area contributed by atoms with Gasteiger partial charge in [-0.2, -0.15) is 0 Å². The molecule has 1 fully saturated rings. The fourth-order valence-corrected chi connectivity index (χ4v) is 5.54. The molecule has 5 rings (SSSR count). The lowest BCUT2D eigenvalue weighted by atomic mass is 9.80. The lowest BCUT2D eigenvalue weighted by molar-refractivity contribution is 0.274. The highest BCUT2D eigenvalue weighted by molar-refractivity contribution is 6.58. The number of aryl methyl sites for hydroxylation is 1. The molecule has 0 spiro atoms. The van der Waals surface area contributed by atoms with Crippen molar-refractivity contribution in [3.05, 3.63) is 80.6 Å². The third-order valence-electron chi connectivity index (χ3n) is 7.95. The number of halogens is 1. The number of piperidine rings is 1. The van der Waals surface area contributed by atoms with Crippen molar-refractivity contribution in [1.82, 2.24) is 4.98 Å². The molecule has 7 nitrogen and oxygen atoms in total. The molecule has 1 atom stereocenters. The van der Waals surface area contributed by atoms with Crippen LogP contribution in [0.4, 0.5) is 11.6 Å². The van der Waals surface area contributed by atoms with Crippen molar-refractivity contribution in [3.8, 4) is 11.3 Å². The summed E-state index contributed by atoms with van der Waals surface area (Å²) in [6.07, 6.45) is 2.08. The maximum Gasteiger partial charge on any atom is 0.488 e. The molecule has 1 aliphatic rings. The van der Waals surface area contributed by atoms with Gasteiger partial charge in [-0.25, -0.2) is 4.98 Å². The lowest BCUT2D eigenvalue weighted by Gasteiger charge is -2.37. The van der Waals surface area contributed by atoms with E-state index < -0.39 is 7.12 Å². The molecule has 2 aromatic heterocycles. The summed E-state index contributed by atoms with van der Waals surface area (Å²) >= 11 is 6.27. The van der Waals surface area contributed by atoms with E-state index in [1.165, 1.54) is 0 Å². The highest BCUT2D eigenvalue weighted by Gasteiger charge is 2.29. The molecule has 3 N–H and O–H groups in total. The number of nitrogens with zero attached hydrogens (tertiary/aromatic N) is 2. The van der Waals surface area contributed by atoms with Gasteiger partial charge < -0.3 is 24.7 Å². The quantitative estimate of drug-likeness (QED) is 0.209. The summed E-state index contributed by atoms with van der Waals surface area (Å²) in [5, 5.41) is 23.4. The number of pyridine rings is 1. The first-order valence-corrected chi connectivity index (χ1v) is 14.0. The van der Waals surface area contributed by atoms with Gasteiger partial charge in [0.05, 0.1) is 28.4 Å². The zero-order valence-corrected chi connectivity index (χ0v) is 24.3. The number of fused-ring (bicyclic) bond motifs is 1. The van der Waals surface area contributed by atoms with Gasteiger partial charge in [-0.05, 0) is 68.3 Å². The van der Waals surface area contributed by atoms with Crippen LogP contribution in [0.5, 0.6) is 0 Å². The number of anilines is 2. The molecule has 208 valence electrons. The number of hydrogen-bond donors (Lipinski definition) is 3. The number of nitrogens with one attached hydrogen (secondary N) is 1. The van der Waals surface area contributed by atoms with Gasteiger partial charge in [-0.1, -0.05) is 55.8 Å². The van der Waals surface area contributed by atoms with E-state index in [1.807, 2.05) is 32.9 Å². The number of rotatable bonds is 6. The van der Waals surface area contributed by atoms with Gasteiger partial charge in [0.25, 0.3) is 0 Å². The first-order valence-electron chi connectivity index (χ1n) is 13.7. The van der Waals surface area contributed by atoms with E-state index in [0.29, 0.717) is 38.7 Å². The Hall–Kier alpha value is -3.33. The second-order valence-corrected chi connectivity index (χ2v) is 12.0. The summed E-state index contributed by atoms with van der Waals surface area (Å²) in [4.78, 5) is 20.3. The molecule has 0 saturated carbocycles. The molecule has 0 bridgehead atoms. The van der Waals surface area contributed by atoms with Gasteiger partial charge in [0.2, 0.25) is 5.88 Å². The summed E-state index contributed by atoms with van der Waals surface area (Å²) in [7, 11) is -1.55. The number of benzene rings is 2. The Kier molecular flexibility index (Phi) is 7.70. The predicted molar refractivity (Wildman–Crippen MR) is 164 cm³/mol. The predicted octanol–water partition coefficient (Wildman–Crippen LogP) is 5.60. The third-order valence-corrected chi connectivity index (χ3v) is 8.16. The summed E-state index contributed by atoms with van der Waals surface area (Å²) in [5.74, 6) is 0.658. The number of aromatic nitrogens is 1. The zero-order chi connectivity index (χ0) is 28.8. The Balaban J connectivity index is 1.55. The van der Waals surface area contributed by atoms with E-state index in [2.05, 4.69) is 35.1 Å². The molecule has 0 radical (unpaired) electrons. The van der Waals surface area contributed by atoms with Crippen LogP contribution in [-0.4, -0.2) is 35.2 Å². The van der Waals surface area contributed by atoms with Gasteiger partial charge in [-0.15, -0.1) is 0 Å². The van der Waals surface area contributed by atoms with Gasteiger partial charge in [0, 0.05) is 24.2 Å². The van der Waals surface area contributed by atoms with Crippen molar-refractivity contribution in [3.63, 3.8) is 0 Å². The Morgan fingerprint density at radius 2 is 1.75 bits per heavy atom. The summed E-state index contributed by atoms with van der Waals surface area (Å²) in [5.41, 5.74) is 5.90. The van der Waals surface area contributed by atoms with E-state index in [9.17, 15) is 14.8 Å². The average molecular weight is 560 g/mol. The molecule has 0 unspecified atom stereocenters. The average Bonchev–Trinajstić information content (AvgIpc) is 2.92. The Bertz CT molecular complexity index is 1610. The Morgan fingerprint density at radius 1 is 1.07 bits per heavy atom. The fraction of sp³-hybridized carbons (Fsp3) is 0.355. The SMILES string of the molecule is Cc1cc([C@@H](C)Nc2ccc(Cl)nc2-c2ccc(B(O)O)cc2)c2oc(N3CCC(C)(C)CC3)c(C)c(=O)c2c1. The fourth-order valence-electron chi connectivity index (χ4n) is 5.39. The summed E-state index contributed by atoms with van der Waals surface area (Å²) in [6, 6.07) is 14.2. The monoisotopic (exact) mass is 559 g/mol. The molecular formula is C31H35BClN3O4. The van der Waals surface area contributed by atoms with E-state index in [0.717, 1.165) is 48.3 Å². The standard InChI is InChI=1S/C31H35BClN3O4/c1-18-16-23(29-24(17-18)28(37)19(2)30(40-29)36-14-12-31(4,5)13-15-36)20(3)34-25-10-11-26(33)35-27(25)21-6-8-22(9-7-21)32(38)39/h6-11,16-17,20,34,38-39H,12-15H2,1-5H3/t20-/m1/s1. The highest BCUT2D eigenvalue weighted by Crippen LogP contribution is 2.37. The van der Waals surface area contributed by atoms with Crippen molar-refractivity contribution in [2.75, 3.05) is 23.3 Å². The Labute approximate surface area is 240 Å². The normalized spacial score (nSPS) is 15.8. The van der Waals surface area contributed by atoms with Crippen LogP contribution in [0, 0.1) is 19.3 Å². The minimum atomic E-state index is -1.55. The van der Waals surface area contributed by atoms with Crippen LogP contribution in [0.25, 0.3) is 22.2 Å². The molecule has 9 heteroatoms. The first-order chi connectivity index (χ1) is 18.9. The molecule has 3 heterocycles. The lowest BCUT2D eigenvalue weighted by Crippen LogP contribution is -2.38. The van der Waals surface area contributed by atoms with Crippen LogP contribution >= 0.6 is 11.6 Å². The van der Waals surface area contributed by atoms with E-state index in [1.54, 1.807) is 30.3 Å². The Morgan fingerprint density at radius 3 is 2.40 bits per heavy atom. The molecule has 1 saturated heterocycles. The molecular weight excluding hydrogens is 525 g/mol. The maximum atomic E-state index is 13.6. The van der Waals surface area contributed by atoms with E-state index >= 15 is 0 Å². The molecule has 0 amide bonds. The molecule has 40 heavy (non-hydrogen) atoms. The molecule has 2 aromatic carbocycles. The number of hydrogen-bond acceptors (Lipinski definition) is 7. The van der Waals surface area contributed by atoms with Crippen molar-refractivity contribution < 1.29 is 14.5 Å². The molecule has 0 aliphatic carbocycles. The largest absolute Gasteiger partial charge is 0.488 e. The van der Waals surface area contributed by atoms with Gasteiger partial charge in [-0.3, -0.25) is 4.79 Å². The second-order valence-electron chi connectivity index (χ2n) is 11.6. The zero-order valence-electron chi connectivity index (χ0n) is 23.6. The van der Waals surface area contributed by atoms with Crippen molar-refractivity contribution in [2.45, 2.75) is 53.5 Å². The van der Waals surface area contributed by atoms with Gasteiger partial charge in [0.1, 0.15) is 10.7 Å². The minimum absolute atomic E-state index is 0.00163. The van der Waals surface area contributed by atoms with Gasteiger partial charge in [0.15, 0.2) is 5.43 Å². The van der Waals surface area contributed by atoms with Crippen LogP contribution in [0.3, 0.4) is 0 Å². The summed E-state index contributed by atoms with van der Waals surface area (Å²) in [6.45, 7) is 12.1. The molecule has 1 aliphatic heterocycles. The highest BCUT2D eigenvalue weighted by atomic mass is 35.5. The van der Waals surface area contributed by atoms with Crippen molar-refractivity contribution in [2.24, 2.45) is 5.41 Å². The van der Waals surface area contributed by atoms with Crippen LogP contribution in [0.1, 0.15) is 56.3 Å². The van der Waals surface area contributed by atoms with Crippen LogP contribution < -0.4 is 21.1 Å². The second kappa shape index (κ2) is 10.9. The smallest absolute Gasteiger partial charge is 0.440 e. The van der Waals surface area contributed by atoms with E-state index in [4.69, 9.17) is 16.0 Å². The minimum Gasteiger partial charge on any atom is -0.440 e. The summed E-state index contributed by atoms with van der Waals surface area (Å²) < 4.78 is 6.60. The van der Waals surface area contributed by atoms with Gasteiger partial charge >= 0.3 is 7.12 Å². The van der Waals surface area contributed by atoms with Crippen LogP contribution in [0.2, 0.25) is 5.15 Å². The first kappa shape index (κ1) is 28.2. The van der Waals surface area contributed by atoms with Crippen molar-refractivity contribution in [1.29, 1.82) is 0 Å². The van der Waals surface area contributed by atoms with Crippen LogP contribution in [0.15, 0.2) is 57.7 Å². The van der Waals surface area contributed by atoms with Crippen molar-refractivity contribution >= 4 is 46.7 Å². The topological polar surface area (TPSA) is 98.8 Å². The maximum absolute atomic E-state index is 13.6.